The highest BCUT2D eigenvalue weighted by Crippen LogP contribution is 2.11. The molecule has 0 saturated carbocycles. The summed E-state index contributed by atoms with van der Waals surface area (Å²) >= 11 is 4.97. The summed E-state index contributed by atoms with van der Waals surface area (Å²) < 4.78 is 1.94. The van der Waals surface area contributed by atoms with Crippen LogP contribution in [0.5, 0.6) is 0 Å². The van der Waals surface area contributed by atoms with Crippen molar-refractivity contribution < 1.29 is 0 Å². The Hall–Kier alpha value is -0.880. The number of aromatic nitrogens is 3. The van der Waals surface area contributed by atoms with Crippen LogP contribution in [0.1, 0.15) is 31.5 Å². The fraction of sp³-hybridized carbons (Fsp3) is 0.778. The van der Waals surface area contributed by atoms with Crippen LogP contribution in [0.25, 0.3) is 0 Å². The molecule has 2 rings (SSSR count). The third-order valence-corrected chi connectivity index (χ3v) is 3.13. The third-order valence-electron chi connectivity index (χ3n) is 2.84. The lowest BCUT2D eigenvalue weighted by Gasteiger charge is -2.18. The Labute approximate surface area is 94.2 Å². The molecule has 2 heterocycles. The molecule has 0 aromatic carbocycles. The van der Waals surface area contributed by atoms with Crippen LogP contribution in [0.3, 0.4) is 0 Å². The number of H-pyrrole nitrogens is 1. The maximum atomic E-state index is 5.75. The molecule has 0 atom stereocenters. The topological polar surface area (TPSA) is 62.9 Å². The van der Waals surface area contributed by atoms with Crippen LogP contribution in [-0.4, -0.2) is 32.9 Å². The van der Waals surface area contributed by atoms with Gasteiger partial charge in [0, 0.05) is 0 Å². The van der Waals surface area contributed by atoms with E-state index in [1.807, 2.05) is 0 Å². The maximum absolute atomic E-state index is 5.75. The molecule has 3 N–H and O–H groups in total. The molecule has 0 unspecified atom stereocenters. The average Bonchev–Trinajstić information content (AvgIpc) is 2.50. The van der Waals surface area contributed by atoms with E-state index in [1.54, 1.807) is 0 Å². The minimum atomic E-state index is 0.486. The van der Waals surface area contributed by atoms with Crippen molar-refractivity contribution in [2.45, 2.75) is 32.2 Å². The van der Waals surface area contributed by atoms with E-state index < -0.39 is 0 Å². The molecule has 1 saturated heterocycles. The average molecular weight is 227 g/mol. The van der Waals surface area contributed by atoms with Gasteiger partial charge >= 0.3 is 0 Å². The fourth-order valence-corrected chi connectivity index (χ4v) is 2.09. The van der Waals surface area contributed by atoms with E-state index in [-0.39, 0.29) is 0 Å². The lowest BCUT2D eigenvalue weighted by atomic mass is 10.2. The second kappa shape index (κ2) is 4.76. The molecule has 1 aromatic heterocycles. The molecule has 1 fully saturated rings. The van der Waals surface area contributed by atoms with Crippen molar-refractivity contribution in [1.29, 1.82) is 0 Å². The summed E-state index contributed by atoms with van der Waals surface area (Å²) in [5.41, 5.74) is 0. The molecule has 0 bridgehead atoms. The first-order chi connectivity index (χ1) is 7.27. The van der Waals surface area contributed by atoms with Gasteiger partial charge in [-0.1, -0.05) is 12.8 Å². The molecule has 1 aromatic rings. The highest BCUT2D eigenvalue weighted by Gasteiger charge is 2.12. The first-order valence-electron chi connectivity index (χ1n) is 5.41. The van der Waals surface area contributed by atoms with Crippen molar-refractivity contribution >= 4 is 12.2 Å². The molecular formula is C9H17N5S. The quantitative estimate of drug-likeness (QED) is 0.585. The van der Waals surface area contributed by atoms with E-state index in [4.69, 9.17) is 18.1 Å². The summed E-state index contributed by atoms with van der Waals surface area (Å²) in [4.78, 5) is 2.39. The summed E-state index contributed by atoms with van der Waals surface area (Å²) in [6.07, 6.45) is 5.23. The van der Waals surface area contributed by atoms with Crippen LogP contribution in [0.15, 0.2) is 0 Å². The smallest absolute Gasteiger partial charge is 0.214 e. The van der Waals surface area contributed by atoms with Gasteiger partial charge in [-0.05, 0) is 38.1 Å². The van der Waals surface area contributed by atoms with Gasteiger partial charge in [0.25, 0.3) is 0 Å². The van der Waals surface area contributed by atoms with Crippen molar-refractivity contribution in [3.63, 3.8) is 0 Å². The van der Waals surface area contributed by atoms with Crippen LogP contribution in [0, 0.1) is 4.77 Å². The van der Waals surface area contributed by atoms with Crippen LogP contribution in [0.4, 0.5) is 0 Å². The zero-order valence-electron chi connectivity index (χ0n) is 8.78. The number of nitrogens with two attached hydrogens (primary N) is 1. The number of rotatable bonds is 2. The summed E-state index contributed by atoms with van der Waals surface area (Å²) in [6, 6.07) is 0. The SMILES string of the molecule is Nn1c(CN2CCCCCC2)n[nH]c1=S. The van der Waals surface area contributed by atoms with E-state index in [0.717, 1.165) is 25.5 Å². The molecule has 0 amide bonds. The second-order valence-electron chi connectivity index (χ2n) is 4.01. The number of hydrogen-bond donors (Lipinski definition) is 2. The van der Waals surface area contributed by atoms with Gasteiger partial charge in [0.15, 0.2) is 5.82 Å². The number of likely N-dealkylation sites (tertiary alicyclic amines) is 1. The number of nitrogens with zero attached hydrogens (tertiary/aromatic N) is 3. The molecule has 6 heteroatoms. The molecule has 15 heavy (non-hydrogen) atoms. The van der Waals surface area contributed by atoms with Gasteiger partial charge in [-0.25, -0.2) is 4.68 Å². The predicted molar refractivity (Wildman–Crippen MR) is 61.3 cm³/mol. The van der Waals surface area contributed by atoms with Crippen molar-refractivity contribution in [1.82, 2.24) is 19.8 Å². The van der Waals surface area contributed by atoms with Gasteiger partial charge in [0.05, 0.1) is 6.54 Å². The Morgan fingerprint density at radius 3 is 2.47 bits per heavy atom. The van der Waals surface area contributed by atoms with E-state index >= 15 is 0 Å². The van der Waals surface area contributed by atoms with Gasteiger partial charge in [0.1, 0.15) is 0 Å². The first kappa shape index (κ1) is 10.6. The van der Waals surface area contributed by atoms with Gasteiger partial charge in [0.2, 0.25) is 4.77 Å². The Morgan fingerprint density at radius 1 is 1.27 bits per heavy atom. The monoisotopic (exact) mass is 227 g/mol. The molecule has 0 spiro atoms. The number of nitrogen functional groups attached to an aromatic ring is 1. The van der Waals surface area contributed by atoms with E-state index in [0.29, 0.717) is 4.77 Å². The largest absolute Gasteiger partial charge is 0.335 e. The summed E-state index contributed by atoms with van der Waals surface area (Å²) in [5.74, 6) is 6.57. The fourth-order valence-electron chi connectivity index (χ4n) is 1.94. The molecule has 1 aliphatic heterocycles. The van der Waals surface area contributed by atoms with Crippen LogP contribution >= 0.6 is 12.2 Å². The summed E-state index contributed by atoms with van der Waals surface area (Å²) in [6.45, 7) is 3.07. The zero-order chi connectivity index (χ0) is 10.7. The molecule has 0 aliphatic carbocycles. The highest BCUT2D eigenvalue weighted by atomic mass is 32.1. The second-order valence-corrected chi connectivity index (χ2v) is 4.39. The zero-order valence-corrected chi connectivity index (χ0v) is 9.59. The number of nitrogens with one attached hydrogen (secondary N) is 1. The Bertz CT molecular complexity index is 361. The molecular weight excluding hydrogens is 210 g/mol. The minimum Gasteiger partial charge on any atom is -0.335 e. The third kappa shape index (κ3) is 2.57. The summed E-state index contributed by atoms with van der Waals surface area (Å²) in [5, 5.41) is 6.83. The van der Waals surface area contributed by atoms with Gasteiger partial charge in [-0.3, -0.25) is 10.00 Å². The maximum Gasteiger partial charge on any atom is 0.214 e. The Morgan fingerprint density at radius 2 is 1.93 bits per heavy atom. The summed E-state index contributed by atoms with van der Waals surface area (Å²) in [7, 11) is 0. The molecule has 84 valence electrons. The Balaban J connectivity index is 2.01. The van der Waals surface area contributed by atoms with Crippen LogP contribution in [0.2, 0.25) is 0 Å². The predicted octanol–water partition coefficient (Wildman–Crippen LogP) is 1.03. The van der Waals surface area contributed by atoms with Gasteiger partial charge in [-0.15, -0.1) is 0 Å². The number of aromatic amines is 1. The van der Waals surface area contributed by atoms with Crippen LogP contribution < -0.4 is 5.84 Å². The lowest BCUT2D eigenvalue weighted by Crippen LogP contribution is -2.27. The standard InChI is InChI=1S/C9H17N5S/c10-14-8(11-12-9(14)15)7-13-5-3-1-2-4-6-13/h1-7,10H2,(H,12,15). The van der Waals surface area contributed by atoms with E-state index in [1.165, 1.54) is 30.4 Å². The van der Waals surface area contributed by atoms with Crippen molar-refractivity contribution in [3.8, 4) is 0 Å². The molecule has 5 nitrogen and oxygen atoms in total. The Kier molecular flexibility index (Phi) is 3.37. The first-order valence-corrected chi connectivity index (χ1v) is 5.82. The van der Waals surface area contributed by atoms with Crippen molar-refractivity contribution in [2.75, 3.05) is 18.9 Å². The normalized spacial score (nSPS) is 18.9. The van der Waals surface area contributed by atoms with Crippen molar-refractivity contribution in [2.24, 2.45) is 0 Å². The highest BCUT2D eigenvalue weighted by molar-refractivity contribution is 7.71. The molecule has 0 radical (unpaired) electrons. The van der Waals surface area contributed by atoms with Gasteiger partial charge in [-0.2, -0.15) is 5.10 Å². The molecule has 1 aliphatic rings. The number of hydrogen-bond acceptors (Lipinski definition) is 4. The minimum absolute atomic E-state index is 0.486. The van der Waals surface area contributed by atoms with Crippen LogP contribution in [-0.2, 0) is 6.54 Å². The lowest BCUT2D eigenvalue weighted by molar-refractivity contribution is 0.267. The van der Waals surface area contributed by atoms with E-state index in [9.17, 15) is 0 Å². The van der Waals surface area contributed by atoms with Gasteiger partial charge < -0.3 is 5.84 Å². The van der Waals surface area contributed by atoms with E-state index in [2.05, 4.69) is 15.1 Å². The van der Waals surface area contributed by atoms with Crippen molar-refractivity contribution in [3.05, 3.63) is 10.6 Å².